The topological polar surface area (TPSA) is 92.4 Å². The van der Waals surface area contributed by atoms with Gasteiger partial charge in [0, 0.05) is 6.54 Å². The van der Waals surface area contributed by atoms with Crippen LogP contribution in [-0.4, -0.2) is 41.6 Å². The number of rotatable bonds is 8. The standard InChI is InChI=1S/C10H20N2O3S/c1-3-7(10(14)15)6-12-9(13)8(11)4-5-16-2/h7-8H,3-6,11H2,1-2H3,(H,12,13)(H,14,15)/t7?,8-/m0/s1. The van der Waals surface area contributed by atoms with E-state index in [1.807, 2.05) is 6.26 Å². The number of nitrogens with two attached hydrogens (primary N) is 1. The number of carbonyl (C=O) groups excluding carboxylic acids is 1. The van der Waals surface area contributed by atoms with Crippen molar-refractivity contribution in [1.29, 1.82) is 0 Å². The van der Waals surface area contributed by atoms with E-state index >= 15 is 0 Å². The molecule has 0 fully saturated rings. The van der Waals surface area contributed by atoms with Gasteiger partial charge in [0.1, 0.15) is 0 Å². The van der Waals surface area contributed by atoms with Crippen LogP contribution in [0, 0.1) is 5.92 Å². The first kappa shape index (κ1) is 15.2. The maximum atomic E-state index is 11.5. The van der Waals surface area contributed by atoms with Gasteiger partial charge >= 0.3 is 5.97 Å². The quantitative estimate of drug-likeness (QED) is 0.574. The minimum atomic E-state index is -0.888. The molecule has 0 spiro atoms. The van der Waals surface area contributed by atoms with Gasteiger partial charge in [-0.15, -0.1) is 0 Å². The number of thioether (sulfide) groups is 1. The molecule has 0 aromatic carbocycles. The second-order valence-corrected chi connectivity index (χ2v) is 4.56. The third-order valence-electron chi connectivity index (χ3n) is 2.33. The number of carboxylic acids is 1. The molecule has 1 unspecified atom stereocenters. The van der Waals surface area contributed by atoms with Gasteiger partial charge in [0.25, 0.3) is 0 Å². The number of hydrogen-bond acceptors (Lipinski definition) is 4. The van der Waals surface area contributed by atoms with Crippen LogP contribution < -0.4 is 11.1 Å². The molecule has 0 saturated heterocycles. The summed E-state index contributed by atoms with van der Waals surface area (Å²) in [5.74, 6) is -0.865. The fraction of sp³-hybridized carbons (Fsp3) is 0.800. The maximum Gasteiger partial charge on any atom is 0.308 e. The molecule has 16 heavy (non-hydrogen) atoms. The number of aliphatic carboxylic acids is 1. The monoisotopic (exact) mass is 248 g/mol. The largest absolute Gasteiger partial charge is 0.481 e. The van der Waals surface area contributed by atoms with Crippen molar-refractivity contribution in [2.45, 2.75) is 25.8 Å². The zero-order valence-electron chi connectivity index (χ0n) is 9.73. The van der Waals surface area contributed by atoms with Crippen LogP contribution in [0.25, 0.3) is 0 Å². The molecule has 6 heteroatoms. The van der Waals surface area contributed by atoms with Gasteiger partial charge in [-0.25, -0.2) is 0 Å². The van der Waals surface area contributed by atoms with Crippen LogP contribution >= 0.6 is 11.8 Å². The molecule has 0 aromatic rings. The number of hydrogen-bond donors (Lipinski definition) is 3. The second kappa shape index (κ2) is 8.41. The van der Waals surface area contributed by atoms with Gasteiger partial charge < -0.3 is 16.2 Å². The zero-order valence-corrected chi connectivity index (χ0v) is 10.5. The van der Waals surface area contributed by atoms with Crippen molar-refractivity contribution in [3.63, 3.8) is 0 Å². The van der Waals surface area contributed by atoms with Crippen LogP contribution in [0.4, 0.5) is 0 Å². The second-order valence-electron chi connectivity index (χ2n) is 3.58. The highest BCUT2D eigenvalue weighted by molar-refractivity contribution is 7.98. The molecule has 0 saturated carbocycles. The zero-order chi connectivity index (χ0) is 12.6. The Bertz CT molecular complexity index is 236. The Morgan fingerprint density at radius 1 is 1.50 bits per heavy atom. The summed E-state index contributed by atoms with van der Waals surface area (Å²) < 4.78 is 0. The first-order valence-electron chi connectivity index (χ1n) is 5.27. The number of carbonyl (C=O) groups is 2. The Kier molecular flexibility index (Phi) is 8.01. The Morgan fingerprint density at radius 2 is 2.12 bits per heavy atom. The van der Waals surface area contributed by atoms with E-state index < -0.39 is 17.9 Å². The lowest BCUT2D eigenvalue weighted by molar-refractivity contribution is -0.141. The highest BCUT2D eigenvalue weighted by Gasteiger charge is 2.18. The highest BCUT2D eigenvalue weighted by Crippen LogP contribution is 2.02. The summed E-state index contributed by atoms with van der Waals surface area (Å²) in [6.45, 7) is 1.93. The number of nitrogens with one attached hydrogen (secondary N) is 1. The number of carboxylic acid groups (broad SMARTS) is 1. The Balaban J connectivity index is 3.91. The van der Waals surface area contributed by atoms with Crippen molar-refractivity contribution in [2.75, 3.05) is 18.6 Å². The minimum absolute atomic E-state index is 0.150. The summed E-state index contributed by atoms with van der Waals surface area (Å²) in [4.78, 5) is 22.2. The SMILES string of the molecule is CCC(CNC(=O)[C@@H](N)CCSC)C(=O)O. The van der Waals surface area contributed by atoms with Gasteiger partial charge in [-0.2, -0.15) is 11.8 Å². The van der Waals surface area contributed by atoms with Crippen molar-refractivity contribution >= 4 is 23.6 Å². The molecule has 1 amide bonds. The maximum absolute atomic E-state index is 11.5. The van der Waals surface area contributed by atoms with Crippen LogP contribution in [0.2, 0.25) is 0 Å². The van der Waals surface area contributed by atoms with Crippen LogP contribution in [0.1, 0.15) is 19.8 Å². The van der Waals surface area contributed by atoms with E-state index in [-0.39, 0.29) is 12.5 Å². The average molecular weight is 248 g/mol. The fourth-order valence-electron chi connectivity index (χ4n) is 1.14. The minimum Gasteiger partial charge on any atom is -0.481 e. The van der Waals surface area contributed by atoms with Crippen molar-refractivity contribution in [3.05, 3.63) is 0 Å². The molecular formula is C10H20N2O3S. The van der Waals surface area contributed by atoms with Crippen molar-refractivity contribution < 1.29 is 14.7 Å². The normalized spacial score (nSPS) is 14.2. The smallest absolute Gasteiger partial charge is 0.308 e. The fourth-order valence-corrected chi connectivity index (χ4v) is 1.63. The summed E-state index contributed by atoms with van der Waals surface area (Å²) in [6.07, 6.45) is 3.05. The highest BCUT2D eigenvalue weighted by atomic mass is 32.2. The molecule has 94 valence electrons. The molecule has 0 aliphatic carbocycles. The molecule has 0 radical (unpaired) electrons. The number of amides is 1. The average Bonchev–Trinajstić information content (AvgIpc) is 2.25. The van der Waals surface area contributed by atoms with E-state index in [4.69, 9.17) is 10.8 Å². The third-order valence-corrected chi connectivity index (χ3v) is 2.98. The molecule has 2 atom stereocenters. The van der Waals surface area contributed by atoms with Crippen molar-refractivity contribution in [1.82, 2.24) is 5.32 Å². The third kappa shape index (κ3) is 5.97. The van der Waals surface area contributed by atoms with Crippen molar-refractivity contribution in [2.24, 2.45) is 11.7 Å². The summed E-state index contributed by atoms with van der Waals surface area (Å²) in [7, 11) is 0. The van der Waals surface area contributed by atoms with Gasteiger partial charge in [-0.3, -0.25) is 9.59 Å². The summed E-state index contributed by atoms with van der Waals surface area (Å²) >= 11 is 1.63. The molecule has 0 aliphatic rings. The van der Waals surface area contributed by atoms with Gasteiger partial charge in [0.15, 0.2) is 0 Å². The Morgan fingerprint density at radius 3 is 2.56 bits per heavy atom. The lowest BCUT2D eigenvalue weighted by atomic mass is 10.1. The molecule has 0 aliphatic heterocycles. The lowest BCUT2D eigenvalue weighted by Crippen LogP contribution is -2.43. The van der Waals surface area contributed by atoms with E-state index in [9.17, 15) is 9.59 Å². The summed E-state index contributed by atoms with van der Waals surface area (Å²) in [6, 6.07) is -0.543. The molecular weight excluding hydrogens is 228 g/mol. The van der Waals surface area contributed by atoms with Crippen LogP contribution in [-0.2, 0) is 9.59 Å². The van der Waals surface area contributed by atoms with E-state index in [0.717, 1.165) is 5.75 Å². The van der Waals surface area contributed by atoms with E-state index in [1.54, 1.807) is 18.7 Å². The molecule has 0 rings (SSSR count). The van der Waals surface area contributed by atoms with Crippen LogP contribution in [0.5, 0.6) is 0 Å². The molecule has 0 aromatic heterocycles. The molecule has 0 heterocycles. The van der Waals surface area contributed by atoms with Gasteiger partial charge in [-0.1, -0.05) is 6.92 Å². The summed E-state index contributed by atoms with van der Waals surface area (Å²) in [5, 5.41) is 11.3. The lowest BCUT2D eigenvalue weighted by Gasteiger charge is -2.14. The van der Waals surface area contributed by atoms with E-state index in [2.05, 4.69) is 5.32 Å². The van der Waals surface area contributed by atoms with Crippen LogP contribution in [0.3, 0.4) is 0 Å². The molecule has 0 bridgehead atoms. The van der Waals surface area contributed by atoms with Gasteiger partial charge in [0.2, 0.25) is 5.91 Å². The van der Waals surface area contributed by atoms with E-state index in [1.165, 1.54) is 0 Å². The summed E-state index contributed by atoms with van der Waals surface area (Å²) in [5.41, 5.74) is 5.63. The Labute approximate surface area is 100 Å². The van der Waals surface area contributed by atoms with Gasteiger partial charge in [-0.05, 0) is 24.9 Å². The van der Waals surface area contributed by atoms with Crippen LogP contribution in [0.15, 0.2) is 0 Å². The predicted octanol–water partition coefficient (Wildman–Crippen LogP) is 0.294. The predicted molar refractivity (Wildman–Crippen MR) is 65.4 cm³/mol. The first-order valence-corrected chi connectivity index (χ1v) is 6.67. The molecule has 4 N–H and O–H groups in total. The van der Waals surface area contributed by atoms with E-state index in [0.29, 0.717) is 12.8 Å². The molecule has 5 nitrogen and oxygen atoms in total. The Hall–Kier alpha value is -0.750. The first-order chi connectivity index (χ1) is 7.52. The van der Waals surface area contributed by atoms with Gasteiger partial charge in [0.05, 0.1) is 12.0 Å². The van der Waals surface area contributed by atoms with Crippen molar-refractivity contribution in [3.8, 4) is 0 Å².